The minimum Gasteiger partial charge on any atom is -0.459 e. The molecule has 3 aromatic carbocycles. The van der Waals surface area contributed by atoms with Crippen molar-refractivity contribution < 1.29 is 48.3 Å². The van der Waals surface area contributed by atoms with Crippen molar-refractivity contribution in [2.75, 3.05) is 39.7 Å². The van der Waals surface area contributed by atoms with Crippen LogP contribution in [0.4, 0.5) is 4.79 Å². The van der Waals surface area contributed by atoms with Gasteiger partial charge >= 0.3 is 6.09 Å². The zero-order valence-electron chi connectivity index (χ0n) is 35.3. The number of hydrogen-bond donors (Lipinski definition) is 3. The molecule has 1 fully saturated rings. The average Bonchev–Trinajstić information content (AvgIpc) is 3.75. The van der Waals surface area contributed by atoms with E-state index in [0.717, 1.165) is 42.4 Å². The highest BCUT2D eigenvalue weighted by molar-refractivity contribution is 6.03. The van der Waals surface area contributed by atoms with Gasteiger partial charge in [0.25, 0.3) is 5.91 Å². The van der Waals surface area contributed by atoms with Crippen molar-refractivity contribution in [3.8, 4) is 23.0 Å². The topological polar surface area (TPSA) is 158 Å². The Kier molecular flexibility index (Phi) is 14.7. The fourth-order valence-electron chi connectivity index (χ4n) is 9.59. The smallest absolute Gasteiger partial charge is 0.412 e. The van der Waals surface area contributed by atoms with Crippen LogP contribution >= 0.6 is 0 Å². The Hall–Kier alpha value is -5.37. The van der Waals surface area contributed by atoms with Crippen LogP contribution in [-0.4, -0.2) is 84.4 Å². The van der Waals surface area contributed by atoms with Gasteiger partial charge in [-0.15, -0.1) is 6.58 Å². The van der Waals surface area contributed by atoms with E-state index in [0.29, 0.717) is 66.6 Å². The summed E-state index contributed by atoms with van der Waals surface area (Å²) in [6.07, 6.45) is 8.77. The Morgan fingerprint density at radius 3 is 2.49 bits per heavy atom. The summed E-state index contributed by atoms with van der Waals surface area (Å²) in [4.78, 5) is 35.9. The molecule has 6 unspecified atom stereocenters. The molecule has 13 heteroatoms. The molecular weight excluding hydrogens is 779 g/mol. The third-order valence-electron chi connectivity index (χ3n) is 12.1. The third kappa shape index (κ3) is 9.44. The number of ether oxygens (including phenoxy) is 5. The number of fused-ring (bicyclic) bond motifs is 3. The normalized spacial score (nSPS) is 23.8. The number of unbranched alkanes of at least 4 members (excludes halogenated alkanes) is 2. The molecule has 13 nitrogen and oxygen atoms in total. The molecule has 2 amide bonds. The molecule has 1 saturated carbocycles. The van der Waals surface area contributed by atoms with Crippen LogP contribution in [0.2, 0.25) is 0 Å². The molecule has 2 heterocycles. The number of allylic oxidation sites excluding steroid dienone is 1. The van der Waals surface area contributed by atoms with Gasteiger partial charge in [-0.2, -0.15) is 0 Å². The molecule has 2 aliphatic carbocycles. The van der Waals surface area contributed by atoms with Crippen LogP contribution < -0.4 is 24.3 Å². The molecule has 2 aliphatic heterocycles. The van der Waals surface area contributed by atoms with Crippen molar-refractivity contribution in [2.45, 2.75) is 89.6 Å². The van der Waals surface area contributed by atoms with E-state index in [2.05, 4.69) is 18.0 Å². The van der Waals surface area contributed by atoms with Crippen molar-refractivity contribution in [3.05, 3.63) is 108 Å². The largest absolute Gasteiger partial charge is 0.459 e. The molecule has 326 valence electrons. The quantitative estimate of drug-likeness (QED) is 0.0581. The van der Waals surface area contributed by atoms with Crippen LogP contribution in [0, 0.1) is 17.8 Å². The van der Waals surface area contributed by atoms with E-state index in [4.69, 9.17) is 33.7 Å². The van der Waals surface area contributed by atoms with Crippen molar-refractivity contribution in [1.82, 2.24) is 10.2 Å². The minimum atomic E-state index is -1.44. The van der Waals surface area contributed by atoms with E-state index >= 15 is 4.79 Å². The van der Waals surface area contributed by atoms with Gasteiger partial charge in [-0.1, -0.05) is 67.4 Å². The summed E-state index contributed by atoms with van der Waals surface area (Å²) in [7, 11) is 0. The molecule has 6 atom stereocenters. The fraction of sp³-hybridized carbons (Fsp3) is 0.479. The number of oxime groups is 1. The van der Waals surface area contributed by atoms with Crippen LogP contribution in [0.3, 0.4) is 0 Å². The van der Waals surface area contributed by atoms with Gasteiger partial charge in [0.15, 0.2) is 11.5 Å². The van der Waals surface area contributed by atoms with Crippen LogP contribution in [0.25, 0.3) is 0 Å². The second-order valence-electron chi connectivity index (χ2n) is 16.0. The minimum absolute atomic E-state index is 0.00231. The Morgan fingerprint density at radius 2 is 1.74 bits per heavy atom. The van der Waals surface area contributed by atoms with Crippen molar-refractivity contribution in [3.63, 3.8) is 0 Å². The van der Waals surface area contributed by atoms with Gasteiger partial charge in [0.2, 0.25) is 12.6 Å². The fourth-order valence-corrected chi connectivity index (χ4v) is 9.59. The van der Waals surface area contributed by atoms with E-state index in [9.17, 15) is 15.0 Å². The lowest BCUT2D eigenvalue weighted by Gasteiger charge is -2.60. The Labute approximate surface area is 358 Å². The molecule has 4 aliphatic rings. The number of nitrogens with zero attached hydrogens (tertiary/aromatic N) is 2. The van der Waals surface area contributed by atoms with Crippen LogP contribution in [0.1, 0.15) is 92.6 Å². The molecule has 3 aromatic rings. The van der Waals surface area contributed by atoms with E-state index in [1.54, 1.807) is 30.3 Å². The van der Waals surface area contributed by atoms with Gasteiger partial charge in [0.05, 0.1) is 18.2 Å². The number of aliphatic hydroxyl groups excluding tert-OH is 2. The molecular formula is C48H59N3O10. The summed E-state index contributed by atoms with van der Waals surface area (Å²) in [6, 6.07) is 19.8. The Morgan fingerprint density at radius 1 is 0.967 bits per heavy atom. The van der Waals surface area contributed by atoms with Crippen molar-refractivity contribution in [1.29, 1.82) is 0 Å². The molecule has 0 bridgehead atoms. The Balaban J connectivity index is 1.44. The number of hydrogen-bond acceptors (Lipinski definition) is 11. The highest BCUT2D eigenvalue weighted by Gasteiger charge is 2.65. The summed E-state index contributed by atoms with van der Waals surface area (Å²) >= 11 is 0. The predicted molar refractivity (Wildman–Crippen MR) is 230 cm³/mol. The maximum absolute atomic E-state index is 15.1. The first kappa shape index (κ1) is 43.7. The first-order chi connectivity index (χ1) is 29.8. The van der Waals surface area contributed by atoms with Gasteiger partial charge in [0, 0.05) is 49.8 Å². The van der Waals surface area contributed by atoms with Gasteiger partial charge in [-0.05, 0) is 98.4 Å². The predicted octanol–water partition coefficient (Wildman–Crippen LogP) is 7.91. The Bertz CT molecular complexity index is 2060. The molecule has 0 radical (unpaired) electrons. The number of carbonyl (C=O) groups is 2. The molecule has 0 spiro atoms. The van der Waals surface area contributed by atoms with E-state index in [-0.39, 0.29) is 63.3 Å². The summed E-state index contributed by atoms with van der Waals surface area (Å²) in [5.41, 5.74) is 3.86. The molecule has 3 N–H and O–H groups in total. The van der Waals surface area contributed by atoms with Gasteiger partial charge < -0.3 is 49.0 Å². The number of benzene rings is 3. The van der Waals surface area contributed by atoms with Crippen molar-refractivity contribution in [2.24, 2.45) is 22.9 Å². The molecule has 7 rings (SSSR count). The molecule has 61 heavy (non-hydrogen) atoms. The zero-order valence-corrected chi connectivity index (χ0v) is 35.3. The zero-order chi connectivity index (χ0) is 42.8. The lowest BCUT2D eigenvalue weighted by atomic mass is 9.55. The summed E-state index contributed by atoms with van der Waals surface area (Å²) in [6.45, 7) is 9.30. The lowest BCUT2D eigenvalue weighted by Crippen LogP contribution is -2.70. The van der Waals surface area contributed by atoms with Crippen LogP contribution in [0.5, 0.6) is 23.0 Å². The van der Waals surface area contributed by atoms with E-state index in [1.165, 1.54) is 0 Å². The van der Waals surface area contributed by atoms with E-state index < -0.39 is 23.8 Å². The highest BCUT2D eigenvalue weighted by Crippen LogP contribution is 2.62. The van der Waals surface area contributed by atoms with Crippen LogP contribution in [0.15, 0.2) is 96.2 Å². The standard InChI is InChI=1S/C48H59N3O10/c1-4-22-51(46(54)34-18-20-41-42(27-34)57-31-56-41)43-29-39(50-59-30-32-14-8-7-9-15-32)37-26-33(16-10-12-23-52)36(17-11-13-24-53)44-38-28-35(60-47(55)49-6-3)19-21-40(38)61-48(43,45(37)44)58-25-5-2/h5,7-9,14-15,18-21,26-28,33,36,43-45,52-53H,2,4,6,10-13,16-17,22-25,29-31H2,1,3H3,(H,49,55). The summed E-state index contributed by atoms with van der Waals surface area (Å²) in [5, 5.41) is 27.5. The third-order valence-corrected chi connectivity index (χ3v) is 12.1. The second kappa shape index (κ2) is 20.5. The highest BCUT2D eigenvalue weighted by atomic mass is 16.7. The first-order valence-corrected chi connectivity index (χ1v) is 21.8. The number of carbonyl (C=O) groups excluding carboxylic acids is 2. The monoisotopic (exact) mass is 837 g/mol. The molecule has 0 aromatic heterocycles. The van der Waals surface area contributed by atoms with Gasteiger partial charge in [0.1, 0.15) is 24.1 Å². The summed E-state index contributed by atoms with van der Waals surface area (Å²) in [5.74, 6) is -0.411. The molecule has 0 saturated heterocycles. The second-order valence-corrected chi connectivity index (χ2v) is 16.0. The maximum Gasteiger partial charge on any atom is 0.412 e. The van der Waals surface area contributed by atoms with E-state index in [1.807, 2.05) is 61.2 Å². The first-order valence-electron chi connectivity index (χ1n) is 21.8. The number of aliphatic hydroxyl groups is 2. The number of rotatable bonds is 20. The summed E-state index contributed by atoms with van der Waals surface area (Å²) < 4.78 is 31.5. The number of nitrogens with one attached hydrogen (secondary N) is 1. The van der Waals surface area contributed by atoms with Crippen molar-refractivity contribution >= 4 is 17.7 Å². The van der Waals surface area contributed by atoms with Gasteiger partial charge in [-0.3, -0.25) is 4.79 Å². The SMILES string of the molecule is C=CCOC12Oc3ccc(OC(=O)NCC)cc3C3C(CCCCO)C(CCCCO)C=C(C(=NOCc4ccccc4)CC1N(CCC)C(=O)c1ccc4c(c1)OCO4)C32. The maximum atomic E-state index is 15.1. The van der Waals surface area contributed by atoms with Crippen LogP contribution in [-0.2, 0) is 16.2 Å². The average molecular weight is 838 g/mol. The number of amides is 2. The lowest BCUT2D eigenvalue weighted by molar-refractivity contribution is -0.254. The van der Waals surface area contributed by atoms with Gasteiger partial charge in [-0.25, -0.2) is 4.79 Å².